The van der Waals surface area contributed by atoms with Crippen LogP contribution in [0.3, 0.4) is 0 Å². The van der Waals surface area contributed by atoms with Crippen molar-refractivity contribution in [2.75, 3.05) is 5.32 Å². The minimum atomic E-state index is -0.282. The molecule has 1 aliphatic heterocycles. The van der Waals surface area contributed by atoms with Crippen molar-refractivity contribution in [1.29, 1.82) is 0 Å². The Labute approximate surface area is 257 Å². The first-order valence-electron chi connectivity index (χ1n) is 15.2. The molecule has 3 aromatic heterocycles. The van der Waals surface area contributed by atoms with Gasteiger partial charge in [-0.2, -0.15) is 0 Å². The third-order valence-electron chi connectivity index (χ3n) is 9.52. The van der Waals surface area contributed by atoms with E-state index < -0.39 is 0 Å². The quantitative estimate of drug-likeness (QED) is 0.210. The van der Waals surface area contributed by atoms with E-state index in [0.29, 0.717) is 11.8 Å². The van der Waals surface area contributed by atoms with Gasteiger partial charge < -0.3 is 9.73 Å². The summed E-state index contributed by atoms with van der Waals surface area (Å²) < 4.78 is 11.6. The molecule has 0 saturated heterocycles. The fourth-order valence-electron chi connectivity index (χ4n) is 7.36. The second-order valence-corrected chi connectivity index (χ2v) is 13.1. The molecule has 3 atom stereocenters. The molecule has 0 radical (unpaired) electrons. The summed E-state index contributed by atoms with van der Waals surface area (Å²) in [7, 11) is 0. The van der Waals surface area contributed by atoms with E-state index in [9.17, 15) is 0 Å². The molecule has 3 aliphatic rings. The van der Waals surface area contributed by atoms with E-state index in [4.69, 9.17) is 9.41 Å². The maximum atomic E-state index is 6.63. The Balaban J connectivity index is 1.27. The van der Waals surface area contributed by atoms with E-state index in [2.05, 4.69) is 126 Å². The van der Waals surface area contributed by atoms with Crippen molar-refractivity contribution < 1.29 is 4.42 Å². The number of benzene rings is 4. The molecule has 0 bridgehead atoms. The van der Waals surface area contributed by atoms with E-state index >= 15 is 0 Å². The lowest BCUT2D eigenvalue weighted by atomic mass is 9.80. The Bertz CT molecular complexity index is 2570. The molecule has 0 spiro atoms. The number of allylic oxidation sites excluding steroid dienone is 4. The normalized spacial score (nSPS) is 20.4. The van der Waals surface area contributed by atoms with Crippen molar-refractivity contribution in [3.8, 4) is 0 Å². The van der Waals surface area contributed by atoms with E-state index in [-0.39, 0.29) is 6.17 Å². The van der Waals surface area contributed by atoms with Gasteiger partial charge in [0.1, 0.15) is 11.7 Å². The Morgan fingerprint density at radius 1 is 0.841 bits per heavy atom. The van der Waals surface area contributed by atoms with E-state index in [1.165, 1.54) is 36.4 Å². The van der Waals surface area contributed by atoms with Crippen LogP contribution in [0.2, 0.25) is 0 Å². The molecule has 2 aliphatic carbocycles. The highest BCUT2D eigenvalue weighted by molar-refractivity contribution is 7.25. The van der Waals surface area contributed by atoms with Crippen molar-refractivity contribution in [3.63, 3.8) is 0 Å². The molecule has 4 heterocycles. The number of furan rings is 1. The van der Waals surface area contributed by atoms with E-state index in [0.717, 1.165) is 44.7 Å². The molecule has 5 heteroatoms. The van der Waals surface area contributed by atoms with Crippen LogP contribution in [0.1, 0.15) is 24.4 Å². The number of anilines is 1. The molecular weight excluding hydrogens is 559 g/mol. The zero-order valence-corrected chi connectivity index (χ0v) is 24.8. The molecule has 3 unspecified atom stereocenters. The third-order valence-corrected chi connectivity index (χ3v) is 10.7. The summed E-state index contributed by atoms with van der Waals surface area (Å²) in [4.78, 5) is 5.49. The maximum Gasteiger partial charge on any atom is 0.194 e. The van der Waals surface area contributed by atoms with Gasteiger partial charge in [-0.1, -0.05) is 85.8 Å². The Morgan fingerprint density at radius 3 is 2.57 bits per heavy atom. The SMILES string of the molecule is CC1C=CC=C2C=c3c(c4ccccc4n3C3=NC(c4ccc5sc6ccccc6c5c4)Nc4c3oc3ccccc43)=CC21. The first-order valence-corrected chi connectivity index (χ1v) is 16.0. The number of hydrogen-bond acceptors (Lipinski definition) is 4. The highest BCUT2D eigenvalue weighted by atomic mass is 32.1. The molecule has 44 heavy (non-hydrogen) atoms. The predicted octanol–water partition coefficient (Wildman–Crippen LogP) is 8.50. The number of hydrogen-bond donors (Lipinski definition) is 1. The topological polar surface area (TPSA) is 42.5 Å². The van der Waals surface area contributed by atoms with Gasteiger partial charge in [-0.15, -0.1) is 11.3 Å². The van der Waals surface area contributed by atoms with Gasteiger partial charge in [0.15, 0.2) is 11.6 Å². The summed E-state index contributed by atoms with van der Waals surface area (Å²) >= 11 is 1.84. The Morgan fingerprint density at radius 2 is 1.64 bits per heavy atom. The first-order chi connectivity index (χ1) is 21.7. The Hall–Kier alpha value is -5.13. The van der Waals surface area contributed by atoms with Crippen molar-refractivity contribution in [1.82, 2.24) is 4.57 Å². The highest BCUT2D eigenvalue weighted by Crippen LogP contribution is 2.41. The lowest BCUT2D eigenvalue weighted by molar-refractivity contribution is 0.594. The lowest BCUT2D eigenvalue weighted by Gasteiger charge is -2.26. The molecule has 0 amide bonds. The van der Waals surface area contributed by atoms with Crippen molar-refractivity contribution >= 4 is 77.1 Å². The Kier molecular flexibility index (Phi) is 4.94. The van der Waals surface area contributed by atoms with Crippen molar-refractivity contribution in [2.45, 2.75) is 13.1 Å². The number of aliphatic imine (C=N–C) groups is 1. The summed E-state index contributed by atoms with van der Waals surface area (Å²) in [5.41, 5.74) is 5.44. The van der Waals surface area contributed by atoms with Crippen LogP contribution in [-0.2, 0) is 0 Å². The number of thiophene rings is 1. The molecule has 0 fully saturated rings. The lowest BCUT2D eigenvalue weighted by Crippen LogP contribution is -2.39. The van der Waals surface area contributed by atoms with Gasteiger partial charge >= 0.3 is 0 Å². The minimum absolute atomic E-state index is 0.282. The number of nitrogens with one attached hydrogen (secondary N) is 1. The summed E-state index contributed by atoms with van der Waals surface area (Å²) in [5.74, 6) is 2.42. The molecule has 1 N–H and O–H groups in total. The minimum Gasteiger partial charge on any atom is -0.451 e. The number of nitrogens with zero attached hydrogens (tertiary/aromatic N) is 2. The summed E-state index contributed by atoms with van der Waals surface area (Å²) in [6.07, 6.45) is 11.3. The second-order valence-electron chi connectivity index (χ2n) is 12.1. The van der Waals surface area contributed by atoms with Crippen LogP contribution in [0.15, 0.2) is 124 Å². The molecule has 7 aromatic rings. The zero-order valence-electron chi connectivity index (χ0n) is 24.0. The van der Waals surface area contributed by atoms with Gasteiger partial charge in [-0.25, -0.2) is 4.99 Å². The van der Waals surface area contributed by atoms with Gasteiger partial charge in [-0.3, -0.25) is 4.57 Å². The van der Waals surface area contributed by atoms with Crippen LogP contribution < -0.4 is 15.9 Å². The summed E-state index contributed by atoms with van der Waals surface area (Å²) in [6.45, 7) is 2.30. The highest BCUT2D eigenvalue weighted by Gasteiger charge is 2.31. The molecule has 4 aromatic carbocycles. The number of aromatic nitrogens is 1. The molecule has 0 saturated carbocycles. The van der Waals surface area contributed by atoms with E-state index in [1.807, 2.05) is 23.5 Å². The van der Waals surface area contributed by atoms with Crippen molar-refractivity contribution in [2.24, 2.45) is 16.8 Å². The number of fused-ring (bicyclic) bond motifs is 10. The molecule has 210 valence electrons. The fraction of sp³-hybridized carbons (Fsp3) is 0.103. The van der Waals surface area contributed by atoms with Crippen LogP contribution in [0.25, 0.3) is 54.2 Å². The monoisotopic (exact) mass is 585 g/mol. The van der Waals surface area contributed by atoms with Crippen molar-refractivity contribution in [3.05, 3.63) is 137 Å². The maximum absolute atomic E-state index is 6.63. The second kappa shape index (κ2) is 8.94. The number of rotatable bonds is 1. The molecule has 4 nitrogen and oxygen atoms in total. The fourth-order valence-corrected chi connectivity index (χ4v) is 8.45. The molecule has 10 rings (SSSR count). The zero-order chi connectivity index (χ0) is 28.9. The predicted molar refractivity (Wildman–Crippen MR) is 184 cm³/mol. The standard InChI is InChI=1S/C39H27N3OS/c1-22-9-8-10-23-20-32-29(21-28(22)23)25-11-2-5-14-31(25)42(32)39-37-36(27-13-3-6-15-33(27)43-37)40-38(41-39)24-17-18-35-30(19-24)26-12-4-7-16-34(26)44-35/h2-22,28,38,40H,1H3. The van der Waals surface area contributed by atoms with Gasteiger partial charge in [0.2, 0.25) is 0 Å². The van der Waals surface area contributed by atoms with E-state index in [1.54, 1.807) is 0 Å². The third kappa shape index (κ3) is 3.36. The molecular formula is C39H27N3OS. The first kappa shape index (κ1) is 24.3. The average Bonchev–Trinajstić information content (AvgIpc) is 3.73. The average molecular weight is 586 g/mol. The van der Waals surface area contributed by atoms with Gasteiger partial charge in [0.05, 0.1) is 16.6 Å². The smallest absolute Gasteiger partial charge is 0.194 e. The van der Waals surface area contributed by atoms with Crippen LogP contribution in [-0.4, -0.2) is 10.4 Å². The summed E-state index contributed by atoms with van der Waals surface area (Å²) in [5, 5.41) is 11.1. The summed E-state index contributed by atoms with van der Waals surface area (Å²) in [6, 6.07) is 32.4. The van der Waals surface area contributed by atoms with Crippen LogP contribution in [0.5, 0.6) is 0 Å². The largest absolute Gasteiger partial charge is 0.451 e. The van der Waals surface area contributed by atoms with Gasteiger partial charge in [0.25, 0.3) is 0 Å². The van der Waals surface area contributed by atoms with Gasteiger partial charge in [-0.05, 0) is 59.5 Å². The van der Waals surface area contributed by atoms with Crippen LogP contribution in [0, 0.1) is 11.8 Å². The number of para-hydroxylation sites is 2. The van der Waals surface area contributed by atoms with Crippen LogP contribution in [0.4, 0.5) is 5.69 Å². The van der Waals surface area contributed by atoms with Crippen LogP contribution >= 0.6 is 11.3 Å². The van der Waals surface area contributed by atoms with Gasteiger partial charge in [0, 0.05) is 42.1 Å².